The number of ether oxygens (including phenoxy) is 1. The van der Waals surface area contributed by atoms with Crippen molar-refractivity contribution in [3.63, 3.8) is 0 Å². The van der Waals surface area contributed by atoms with E-state index in [0.717, 1.165) is 60.1 Å². The Morgan fingerprint density at radius 2 is 1.42 bits per heavy atom. The van der Waals surface area contributed by atoms with Crippen molar-refractivity contribution in [3.8, 4) is 28.3 Å². The van der Waals surface area contributed by atoms with Gasteiger partial charge in [-0.25, -0.2) is 9.97 Å². The van der Waals surface area contributed by atoms with Gasteiger partial charge in [-0.05, 0) is 73.4 Å². The topological polar surface area (TPSA) is 35.0 Å². The Balaban J connectivity index is 1.42. The third-order valence-electron chi connectivity index (χ3n) is 6.98. The Labute approximate surface area is 219 Å². The predicted molar refractivity (Wildman–Crippen MR) is 153 cm³/mol. The van der Waals surface area contributed by atoms with Crippen molar-refractivity contribution in [1.82, 2.24) is 9.97 Å². The number of aryl methyl sites for hydroxylation is 1. The van der Waals surface area contributed by atoms with E-state index in [1.165, 1.54) is 56.9 Å². The van der Waals surface area contributed by atoms with Crippen LogP contribution >= 0.6 is 0 Å². The lowest BCUT2D eigenvalue weighted by atomic mass is 9.98. The Kier molecular flexibility index (Phi) is 12.2. The van der Waals surface area contributed by atoms with Gasteiger partial charge in [0.25, 0.3) is 0 Å². The second-order valence-electron chi connectivity index (χ2n) is 9.97. The third-order valence-corrected chi connectivity index (χ3v) is 6.98. The monoisotopic (exact) mass is 484 g/mol. The van der Waals surface area contributed by atoms with Gasteiger partial charge in [0, 0.05) is 23.5 Å². The standard InChI is InChI=1S/C33H44N2O/c1-4-6-7-8-9-10-11-12-24-36-32-22-20-30(21-23-32)33-34-25-31(26-35-33)29-18-16-28(17-19-29)15-13-14-27(3)5-2/h4,16-23,25-27H,1,5-15,24H2,2-3H3. The summed E-state index contributed by atoms with van der Waals surface area (Å²) in [6, 6.07) is 17.0. The molecule has 1 unspecified atom stereocenters. The lowest BCUT2D eigenvalue weighted by Gasteiger charge is -2.09. The minimum atomic E-state index is 0.739. The summed E-state index contributed by atoms with van der Waals surface area (Å²) in [7, 11) is 0. The molecule has 0 spiro atoms. The second kappa shape index (κ2) is 15.9. The maximum absolute atomic E-state index is 5.92. The van der Waals surface area contributed by atoms with Crippen molar-refractivity contribution in [3.05, 3.63) is 79.1 Å². The number of hydrogen-bond donors (Lipinski definition) is 0. The van der Waals surface area contributed by atoms with Crippen LogP contribution < -0.4 is 4.74 Å². The van der Waals surface area contributed by atoms with Crippen LogP contribution in [0.1, 0.15) is 83.6 Å². The largest absolute Gasteiger partial charge is 0.494 e. The van der Waals surface area contributed by atoms with Crippen LogP contribution in [0.4, 0.5) is 0 Å². The van der Waals surface area contributed by atoms with Crippen LogP contribution in [0, 0.1) is 5.92 Å². The van der Waals surface area contributed by atoms with Gasteiger partial charge in [0.2, 0.25) is 0 Å². The summed E-state index contributed by atoms with van der Waals surface area (Å²) in [6.07, 6.45) is 19.5. The quantitative estimate of drug-likeness (QED) is 0.141. The smallest absolute Gasteiger partial charge is 0.159 e. The summed E-state index contributed by atoms with van der Waals surface area (Å²) in [5.74, 6) is 2.47. The highest BCUT2D eigenvalue weighted by Crippen LogP contribution is 2.23. The fourth-order valence-electron chi connectivity index (χ4n) is 4.34. The highest BCUT2D eigenvalue weighted by atomic mass is 16.5. The van der Waals surface area contributed by atoms with Crippen LogP contribution in [-0.2, 0) is 6.42 Å². The average Bonchev–Trinajstić information content (AvgIpc) is 2.93. The van der Waals surface area contributed by atoms with E-state index in [1.807, 2.05) is 42.7 Å². The van der Waals surface area contributed by atoms with Crippen LogP contribution in [0.25, 0.3) is 22.5 Å². The highest BCUT2D eigenvalue weighted by Gasteiger charge is 2.05. The molecule has 0 aliphatic carbocycles. The molecule has 192 valence electrons. The van der Waals surface area contributed by atoms with Crippen molar-refractivity contribution < 1.29 is 4.74 Å². The van der Waals surface area contributed by atoms with Crippen molar-refractivity contribution >= 4 is 0 Å². The molecule has 1 heterocycles. The number of rotatable bonds is 17. The first-order valence-corrected chi connectivity index (χ1v) is 13.9. The molecule has 3 heteroatoms. The molecule has 36 heavy (non-hydrogen) atoms. The molecule has 0 aliphatic heterocycles. The molecule has 1 aromatic heterocycles. The Bertz CT molecular complexity index is 993. The molecular weight excluding hydrogens is 440 g/mol. The van der Waals surface area contributed by atoms with Gasteiger partial charge in [0.05, 0.1) is 6.61 Å². The third kappa shape index (κ3) is 9.60. The fourth-order valence-corrected chi connectivity index (χ4v) is 4.34. The summed E-state index contributed by atoms with van der Waals surface area (Å²) in [5.41, 5.74) is 4.62. The van der Waals surface area contributed by atoms with Gasteiger partial charge in [-0.3, -0.25) is 0 Å². The molecule has 0 radical (unpaired) electrons. The van der Waals surface area contributed by atoms with E-state index >= 15 is 0 Å². The van der Waals surface area contributed by atoms with E-state index in [9.17, 15) is 0 Å². The number of unbranched alkanes of at least 4 members (excludes halogenated alkanes) is 6. The first kappa shape index (κ1) is 27.6. The molecule has 0 amide bonds. The number of aromatic nitrogens is 2. The Morgan fingerprint density at radius 1 is 0.778 bits per heavy atom. The van der Waals surface area contributed by atoms with Gasteiger partial charge in [-0.2, -0.15) is 0 Å². The molecule has 0 bridgehead atoms. The molecule has 0 aliphatic rings. The van der Waals surface area contributed by atoms with E-state index in [2.05, 4.69) is 54.7 Å². The van der Waals surface area contributed by atoms with E-state index < -0.39 is 0 Å². The molecule has 2 aromatic carbocycles. The normalized spacial score (nSPS) is 11.8. The van der Waals surface area contributed by atoms with E-state index in [-0.39, 0.29) is 0 Å². The van der Waals surface area contributed by atoms with Crippen molar-refractivity contribution in [2.45, 2.75) is 84.5 Å². The fraction of sp³-hybridized carbons (Fsp3) is 0.455. The minimum absolute atomic E-state index is 0.739. The Morgan fingerprint density at radius 3 is 2.08 bits per heavy atom. The average molecular weight is 485 g/mol. The zero-order chi connectivity index (χ0) is 25.4. The van der Waals surface area contributed by atoms with Crippen molar-refractivity contribution in [1.29, 1.82) is 0 Å². The van der Waals surface area contributed by atoms with Gasteiger partial charge in [-0.15, -0.1) is 6.58 Å². The maximum Gasteiger partial charge on any atom is 0.159 e. The van der Waals surface area contributed by atoms with E-state index in [4.69, 9.17) is 4.74 Å². The zero-order valence-electron chi connectivity index (χ0n) is 22.4. The summed E-state index contributed by atoms with van der Waals surface area (Å²) < 4.78 is 5.92. The molecule has 0 saturated carbocycles. The lowest BCUT2D eigenvalue weighted by molar-refractivity contribution is 0.304. The van der Waals surface area contributed by atoms with Crippen molar-refractivity contribution in [2.24, 2.45) is 5.92 Å². The van der Waals surface area contributed by atoms with Crippen LogP contribution in [-0.4, -0.2) is 16.6 Å². The molecule has 3 nitrogen and oxygen atoms in total. The molecule has 0 saturated heterocycles. The highest BCUT2D eigenvalue weighted by molar-refractivity contribution is 5.64. The van der Waals surface area contributed by atoms with Gasteiger partial charge >= 0.3 is 0 Å². The Hall–Kier alpha value is -2.94. The second-order valence-corrected chi connectivity index (χ2v) is 9.97. The molecular formula is C33H44N2O. The van der Waals surface area contributed by atoms with Gasteiger partial charge in [0.1, 0.15) is 5.75 Å². The molecule has 3 aromatic rings. The summed E-state index contributed by atoms with van der Waals surface area (Å²) in [5, 5.41) is 0. The molecule has 1 atom stereocenters. The summed E-state index contributed by atoms with van der Waals surface area (Å²) >= 11 is 0. The van der Waals surface area contributed by atoms with Gasteiger partial charge in [-0.1, -0.05) is 82.7 Å². The first-order valence-electron chi connectivity index (χ1n) is 13.9. The zero-order valence-corrected chi connectivity index (χ0v) is 22.4. The number of allylic oxidation sites excluding steroid dienone is 1. The number of hydrogen-bond acceptors (Lipinski definition) is 3. The number of benzene rings is 2. The lowest BCUT2D eigenvalue weighted by Crippen LogP contribution is -1.97. The van der Waals surface area contributed by atoms with Crippen LogP contribution in [0.2, 0.25) is 0 Å². The molecule has 3 rings (SSSR count). The minimum Gasteiger partial charge on any atom is -0.494 e. The van der Waals surface area contributed by atoms with Crippen LogP contribution in [0.3, 0.4) is 0 Å². The van der Waals surface area contributed by atoms with E-state index in [1.54, 1.807) is 0 Å². The number of nitrogens with zero attached hydrogens (tertiary/aromatic N) is 2. The summed E-state index contributed by atoms with van der Waals surface area (Å²) in [4.78, 5) is 9.24. The van der Waals surface area contributed by atoms with Crippen molar-refractivity contribution in [2.75, 3.05) is 6.61 Å². The van der Waals surface area contributed by atoms with Crippen LogP contribution in [0.15, 0.2) is 73.6 Å². The summed E-state index contributed by atoms with van der Waals surface area (Å²) in [6.45, 7) is 9.16. The first-order chi connectivity index (χ1) is 17.7. The van der Waals surface area contributed by atoms with E-state index in [0.29, 0.717) is 0 Å². The van der Waals surface area contributed by atoms with Gasteiger partial charge < -0.3 is 4.74 Å². The molecule has 0 fully saturated rings. The predicted octanol–water partition coefficient (Wildman–Crippen LogP) is 9.47. The SMILES string of the molecule is C=CCCCCCCCCOc1ccc(-c2ncc(-c3ccc(CCCC(C)CC)cc3)cn2)cc1. The maximum atomic E-state index is 5.92. The van der Waals surface area contributed by atoms with Gasteiger partial charge in [0.15, 0.2) is 5.82 Å². The molecule has 0 N–H and O–H groups in total. The van der Waals surface area contributed by atoms with Crippen LogP contribution in [0.5, 0.6) is 5.75 Å².